The number of hydrogen-bond donors (Lipinski definition) is 2. The molecule has 198 valence electrons. The molecule has 2 N–H and O–H groups in total. The van der Waals surface area contributed by atoms with E-state index in [2.05, 4.69) is 52.1 Å². The van der Waals surface area contributed by atoms with Crippen molar-refractivity contribution < 1.29 is 5.11 Å². The molecule has 3 aromatic rings. The third-order valence-corrected chi connectivity index (χ3v) is 8.64. The fraction of sp³-hybridized carbons (Fsp3) is 0.621. The summed E-state index contributed by atoms with van der Waals surface area (Å²) >= 11 is 0. The van der Waals surface area contributed by atoms with Gasteiger partial charge in [0, 0.05) is 68.3 Å². The first-order chi connectivity index (χ1) is 18.0. The molecule has 2 saturated carbocycles. The summed E-state index contributed by atoms with van der Waals surface area (Å²) in [5, 5.41) is 16.1. The molecule has 0 atom stereocenters. The number of pyridine rings is 1. The van der Waals surface area contributed by atoms with Crippen molar-refractivity contribution in [3.8, 4) is 0 Å². The zero-order valence-electron chi connectivity index (χ0n) is 22.2. The first-order valence-corrected chi connectivity index (χ1v) is 14.2. The molecule has 3 heterocycles. The van der Waals surface area contributed by atoms with E-state index in [0.717, 1.165) is 81.1 Å². The summed E-state index contributed by atoms with van der Waals surface area (Å²) < 4.78 is 1.92. The van der Waals surface area contributed by atoms with Crippen LogP contribution in [0.25, 0.3) is 21.8 Å². The molecule has 3 fully saturated rings. The van der Waals surface area contributed by atoms with E-state index in [-0.39, 0.29) is 17.7 Å². The number of nitrogens with zero attached hydrogens (tertiary/aromatic N) is 5. The van der Waals surface area contributed by atoms with Crippen molar-refractivity contribution in [1.29, 1.82) is 0 Å². The summed E-state index contributed by atoms with van der Waals surface area (Å²) in [6, 6.07) is 6.98. The number of benzene rings is 1. The van der Waals surface area contributed by atoms with Gasteiger partial charge in [-0.1, -0.05) is 12.1 Å². The van der Waals surface area contributed by atoms with Gasteiger partial charge in [0.15, 0.2) is 0 Å². The van der Waals surface area contributed by atoms with Crippen molar-refractivity contribution in [3.63, 3.8) is 0 Å². The van der Waals surface area contributed by atoms with Gasteiger partial charge in [0.2, 0.25) is 5.95 Å². The van der Waals surface area contributed by atoms with E-state index in [4.69, 9.17) is 4.98 Å². The Morgan fingerprint density at radius 1 is 1.00 bits per heavy atom. The van der Waals surface area contributed by atoms with Gasteiger partial charge in [0.05, 0.1) is 6.10 Å². The second-order valence-corrected chi connectivity index (χ2v) is 11.7. The SMILES string of the molecule is CC(C)N1CCN(Cc2ccc3c(c2)c(=O)n(C2CCC(O)CC2)c2nc(NCC4CC4)ncc32)CC1. The molecule has 0 amide bonds. The van der Waals surface area contributed by atoms with Crippen molar-refractivity contribution >= 4 is 27.8 Å². The molecule has 1 aliphatic heterocycles. The largest absolute Gasteiger partial charge is 0.393 e. The lowest BCUT2D eigenvalue weighted by molar-refractivity contribution is 0.104. The van der Waals surface area contributed by atoms with Crippen molar-refractivity contribution in [2.75, 3.05) is 38.0 Å². The highest BCUT2D eigenvalue weighted by molar-refractivity contribution is 6.04. The zero-order valence-corrected chi connectivity index (χ0v) is 22.2. The highest BCUT2D eigenvalue weighted by Crippen LogP contribution is 2.33. The average molecular weight is 505 g/mol. The minimum atomic E-state index is -0.271. The molecule has 0 unspecified atom stereocenters. The Morgan fingerprint density at radius 2 is 1.76 bits per heavy atom. The molecular formula is C29H40N6O2. The van der Waals surface area contributed by atoms with Crippen LogP contribution in [-0.2, 0) is 6.54 Å². The molecule has 0 radical (unpaired) electrons. The second kappa shape index (κ2) is 10.3. The highest BCUT2D eigenvalue weighted by atomic mass is 16.3. The number of rotatable bonds is 7. The number of fused-ring (bicyclic) bond motifs is 3. The van der Waals surface area contributed by atoms with Crippen LogP contribution >= 0.6 is 0 Å². The summed E-state index contributed by atoms with van der Waals surface area (Å²) in [5.74, 6) is 1.31. The third kappa shape index (κ3) is 5.24. The average Bonchev–Trinajstić information content (AvgIpc) is 3.74. The van der Waals surface area contributed by atoms with Gasteiger partial charge in [-0.2, -0.15) is 4.98 Å². The molecule has 0 bridgehead atoms. The predicted octanol–water partition coefficient (Wildman–Crippen LogP) is 3.77. The van der Waals surface area contributed by atoms with Crippen LogP contribution in [0.5, 0.6) is 0 Å². The highest BCUT2D eigenvalue weighted by Gasteiger charge is 2.26. The summed E-state index contributed by atoms with van der Waals surface area (Å²) in [6.07, 6.45) is 7.15. The van der Waals surface area contributed by atoms with Gasteiger partial charge in [0.1, 0.15) is 5.65 Å². The normalized spacial score (nSPS) is 23.8. The van der Waals surface area contributed by atoms with E-state index in [0.29, 0.717) is 23.6 Å². The van der Waals surface area contributed by atoms with Crippen LogP contribution in [0.1, 0.15) is 64.0 Å². The Kier molecular flexibility index (Phi) is 6.90. The smallest absolute Gasteiger partial charge is 0.260 e. The van der Waals surface area contributed by atoms with Gasteiger partial charge in [-0.3, -0.25) is 19.2 Å². The summed E-state index contributed by atoms with van der Waals surface area (Å²) in [5.41, 5.74) is 1.92. The number of aliphatic hydroxyl groups excluding tert-OH is 1. The van der Waals surface area contributed by atoms with Gasteiger partial charge >= 0.3 is 0 Å². The fourth-order valence-corrected chi connectivity index (χ4v) is 6.07. The van der Waals surface area contributed by atoms with E-state index in [1.54, 1.807) is 0 Å². The van der Waals surface area contributed by atoms with Gasteiger partial charge in [-0.15, -0.1) is 0 Å². The maximum Gasteiger partial charge on any atom is 0.260 e. The van der Waals surface area contributed by atoms with Gasteiger partial charge in [0.25, 0.3) is 5.56 Å². The van der Waals surface area contributed by atoms with Crippen LogP contribution in [0.4, 0.5) is 5.95 Å². The molecule has 1 saturated heterocycles. The lowest BCUT2D eigenvalue weighted by Crippen LogP contribution is -2.48. The molecule has 37 heavy (non-hydrogen) atoms. The van der Waals surface area contributed by atoms with E-state index >= 15 is 0 Å². The lowest BCUT2D eigenvalue weighted by Gasteiger charge is -2.37. The summed E-state index contributed by atoms with van der Waals surface area (Å²) in [4.78, 5) is 28.6. The Labute approximate surface area is 218 Å². The molecule has 3 aliphatic rings. The van der Waals surface area contributed by atoms with Crippen LogP contribution in [0, 0.1) is 5.92 Å². The number of aromatic nitrogens is 3. The van der Waals surface area contributed by atoms with Crippen LogP contribution in [0.15, 0.2) is 29.2 Å². The summed E-state index contributed by atoms with van der Waals surface area (Å²) in [6.45, 7) is 10.5. The number of aliphatic hydroxyl groups is 1. The monoisotopic (exact) mass is 504 g/mol. The van der Waals surface area contributed by atoms with E-state index in [1.807, 2.05) is 10.8 Å². The molecule has 8 nitrogen and oxygen atoms in total. The second-order valence-electron chi connectivity index (χ2n) is 11.7. The molecule has 6 rings (SSSR count). The van der Waals surface area contributed by atoms with E-state index < -0.39 is 0 Å². The minimum absolute atomic E-state index is 0.0298. The molecule has 2 aromatic heterocycles. The van der Waals surface area contributed by atoms with E-state index in [9.17, 15) is 9.90 Å². The van der Waals surface area contributed by atoms with Crippen LogP contribution in [0.3, 0.4) is 0 Å². The Hall–Kier alpha value is -2.55. The predicted molar refractivity (Wildman–Crippen MR) is 148 cm³/mol. The van der Waals surface area contributed by atoms with E-state index in [1.165, 1.54) is 18.4 Å². The van der Waals surface area contributed by atoms with Gasteiger partial charge < -0.3 is 10.4 Å². The molecule has 2 aliphatic carbocycles. The first kappa shape index (κ1) is 24.8. The molecule has 8 heteroatoms. The van der Waals surface area contributed by atoms with Crippen molar-refractivity contribution in [2.24, 2.45) is 5.92 Å². The number of hydrogen-bond acceptors (Lipinski definition) is 7. The van der Waals surface area contributed by atoms with Crippen LogP contribution in [0.2, 0.25) is 0 Å². The molecule has 0 spiro atoms. The summed E-state index contributed by atoms with van der Waals surface area (Å²) in [7, 11) is 0. The van der Waals surface area contributed by atoms with Crippen molar-refractivity contribution in [2.45, 2.75) is 77.1 Å². The van der Waals surface area contributed by atoms with Gasteiger partial charge in [-0.05, 0) is 75.3 Å². The van der Waals surface area contributed by atoms with Crippen molar-refractivity contribution in [1.82, 2.24) is 24.3 Å². The molecular weight excluding hydrogens is 464 g/mol. The zero-order chi connectivity index (χ0) is 25.5. The first-order valence-electron chi connectivity index (χ1n) is 14.2. The van der Waals surface area contributed by atoms with Crippen LogP contribution < -0.4 is 10.9 Å². The quantitative estimate of drug-likeness (QED) is 0.474. The fourth-order valence-electron chi connectivity index (χ4n) is 6.07. The number of anilines is 1. The lowest BCUT2D eigenvalue weighted by atomic mass is 9.92. The standard InChI is InChI=1S/C29H40N6O2/c1-19(2)34-13-11-33(12-14-34)18-21-5-10-24-25(15-21)28(37)35(22-6-8-23(36)9-7-22)27-26(24)17-31-29(32-27)30-16-20-3-4-20/h5,10,15,17,19-20,22-23,36H,3-4,6-9,11-14,16,18H2,1-2H3,(H,30,31,32). The minimum Gasteiger partial charge on any atom is -0.393 e. The maximum absolute atomic E-state index is 14.1. The Morgan fingerprint density at radius 3 is 2.46 bits per heavy atom. The number of nitrogens with one attached hydrogen (secondary N) is 1. The Bertz CT molecular complexity index is 1320. The van der Waals surface area contributed by atoms with Gasteiger partial charge in [-0.25, -0.2) is 4.98 Å². The number of piperazine rings is 1. The third-order valence-electron chi connectivity index (χ3n) is 8.64. The Balaban J connectivity index is 1.36. The maximum atomic E-state index is 14.1. The van der Waals surface area contributed by atoms with Crippen LogP contribution in [-0.4, -0.2) is 74.3 Å². The molecule has 1 aromatic carbocycles. The van der Waals surface area contributed by atoms with Crippen molar-refractivity contribution in [3.05, 3.63) is 40.3 Å². The topological polar surface area (TPSA) is 86.5 Å².